The summed E-state index contributed by atoms with van der Waals surface area (Å²) in [5, 5.41) is 14.4. The topological polar surface area (TPSA) is 32.3 Å². The first-order valence-electron chi connectivity index (χ1n) is 6.17. The van der Waals surface area contributed by atoms with Crippen molar-refractivity contribution in [3.8, 4) is 0 Å². The number of piperidine rings is 1. The fraction of sp³-hybridized carbons (Fsp3) is 1.00. The van der Waals surface area contributed by atoms with Crippen molar-refractivity contribution in [1.82, 2.24) is 5.32 Å². The molecule has 1 saturated heterocycles. The third-order valence-electron chi connectivity index (χ3n) is 5.19. The lowest BCUT2D eigenvalue weighted by Crippen LogP contribution is -2.58. The van der Waals surface area contributed by atoms with Gasteiger partial charge in [-0.3, -0.25) is 0 Å². The highest BCUT2D eigenvalue weighted by Crippen LogP contribution is 2.54. The summed E-state index contributed by atoms with van der Waals surface area (Å²) in [4.78, 5) is 0. The highest BCUT2D eigenvalue weighted by Gasteiger charge is 2.56. The largest absolute Gasteiger partial charge is 0.389 e. The van der Waals surface area contributed by atoms with Crippen LogP contribution >= 0.6 is 0 Å². The zero-order valence-corrected chi connectivity index (χ0v) is 9.00. The average Bonchev–Trinajstić information content (AvgIpc) is 2.42. The molecule has 2 bridgehead atoms. The van der Waals surface area contributed by atoms with Crippen molar-refractivity contribution in [3.63, 3.8) is 0 Å². The molecule has 5 atom stereocenters. The van der Waals surface area contributed by atoms with E-state index >= 15 is 0 Å². The molecule has 3 fully saturated rings. The van der Waals surface area contributed by atoms with Crippen LogP contribution < -0.4 is 5.32 Å². The molecule has 3 aliphatic rings. The van der Waals surface area contributed by atoms with Crippen LogP contribution in [0.5, 0.6) is 0 Å². The minimum Gasteiger partial charge on any atom is -0.389 e. The van der Waals surface area contributed by atoms with E-state index in [1.54, 1.807) is 0 Å². The molecular weight excluding hydrogens is 174 g/mol. The Bertz CT molecular complexity index is 242. The van der Waals surface area contributed by atoms with E-state index in [2.05, 4.69) is 12.2 Å². The van der Waals surface area contributed by atoms with Crippen LogP contribution in [0.4, 0.5) is 0 Å². The van der Waals surface area contributed by atoms with Gasteiger partial charge in [0, 0.05) is 12.0 Å². The molecule has 1 heterocycles. The summed E-state index contributed by atoms with van der Waals surface area (Å²) in [6.45, 7) is 3.43. The van der Waals surface area contributed by atoms with Gasteiger partial charge in [-0.05, 0) is 50.5 Å². The molecule has 0 unspecified atom stereocenters. The molecule has 14 heavy (non-hydrogen) atoms. The van der Waals surface area contributed by atoms with E-state index in [1.165, 1.54) is 32.2 Å². The van der Waals surface area contributed by atoms with Crippen molar-refractivity contribution in [2.75, 3.05) is 6.54 Å². The lowest BCUT2D eigenvalue weighted by molar-refractivity contribution is -0.0983. The Morgan fingerprint density at radius 1 is 1.36 bits per heavy atom. The van der Waals surface area contributed by atoms with E-state index in [1.807, 2.05) is 0 Å². The molecule has 0 spiro atoms. The van der Waals surface area contributed by atoms with Crippen LogP contribution in [-0.2, 0) is 0 Å². The van der Waals surface area contributed by atoms with Crippen LogP contribution in [0.1, 0.15) is 39.0 Å². The molecule has 0 radical (unpaired) electrons. The van der Waals surface area contributed by atoms with Crippen LogP contribution in [0.15, 0.2) is 0 Å². The lowest BCUT2D eigenvalue weighted by atomic mass is 9.64. The van der Waals surface area contributed by atoms with Gasteiger partial charge in [0.15, 0.2) is 0 Å². The second-order valence-corrected chi connectivity index (χ2v) is 5.62. The molecule has 0 aromatic rings. The number of hydrogen-bond donors (Lipinski definition) is 2. The van der Waals surface area contributed by atoms with Crippen LogP contribution in [0.2, 0.25) is 0 Å². The molecule has 80 valence electrons. The predicted molar refractivity (Wildman–Crippen MR) is 56.0 cm³/mol. The van der Waals surface area contributed by atoms with E-state index in [0.29, 0.717) is 17.9 Å². The molecule has 0 aromatic heterocycles. The molecule has 0 aromatic carbocycles. The molecule has 2 saturated carbocycles. The maximum Gasteiger partial charge on any atom is 0.0718 e. The summed E-state index contributed by atoms with van der Waals surface area (Å²) in [5.41, 5.74) is -0.318. The number of fused-ring (bicyclic) bond motifs is 4. The average molecular weight is 195 g/mol. The van der Waals surface area contributed by atoms with Gasteiger partial charge in [-0.15, -0.1) is 0 Å². The number of aliphatic hydroxyl groups is 1. The second-order valence-electron chi connectivity index (χ2n) is 5.62. The number of rotatable bonds is 0. The zero-order chi connectivity index (χ0) is 9.76. The predicted octanol–water partition coefficient (Wildman–Crippen LogP) is 1.54. The highest BCUT2D eigenvalue weighted by atomic mass is 16.3. The minimum atomic E-state index is -0.318. The second kappa shape index (κ2) is 2.96. The van der Waals surface area contributed by atoms with Crippen molar-refractivity contribution in [2.24, 2.45) is 17.8 Å². The van der Waals surface area contributed by atoms with Crippen LogP contribution in [0.3, 0.4) is 0 Å². The molecular formula is C12H21NO. The number of nitrogens with one attached hydrogen (secondary N) is 1. The van der Waals surface area contributed by atoms with Gasteiger partial charge >= 0.3 is 0 Å². The van der Waals surface area contributed by atoms with E-state index < -0.39 is 0 Å². The monoisotopic (exact) mass is 195 g/mol. The van der Waals surface area contributed by atoms with Crippen molar-refractivity contribution >= 4 is 0 Å². The molecule has 2 heteroatoms. The standard InChI is InChI=1S/C12H21NO/c1-8-9-4-5-12(8,14)10-3-2-6-13-11(10)7-9/h8-11,13-14H,2-7H2,1H3/t8-,9+,10-,11-,12-/m0/s1. The summed E-state index contributed by atoms with van der Waals surface area (Å²) < 4.78 is 0. The molecule has 0 amide bonds. The Morgan fingerprint density at radius 3 is 3.07 bits per heavy atom. The molecule has 3 rings (SSSR count). The quantitative estimate of drug-likeness (QED) is 0.614. The van der Waals surface area contributed by atoms with Gasteiger partial charge in [-0.25, -0.2) is 0 Å². The third-order valence-corrected chi connectivity index (χ3v) is 5.19. The van der Waals surface area contributed by atoms with Gasteiger partial charge < -0.3 is 10.4 Å². The molecule has 1 aliphatic heterocycles. The van der Waals surface area contributed by atoms with Gasteiger partial charge in [0.2, 0.25) is 0 Å². The zero-order valence-electron chi connectivity index (χ0n) is 9.00. The normalized spacial score (nSPS) is 57.0. The van der Waals surface area contributed by atoms with Crippen molar-refractivity contribution in [1.29, 1.82) is 0 Å². The molecule has 2 N–H and O–H groups in total. The maximum atomic E-state index is 10.7. The first kappa shape index (κ1) is 9.17. The van der Waals surface area contributed by atoms with E-state index in [4.69, 9.17) is 0 Å². The fourth-order valence-electron chi connectivity index (χ4n) is 4.27. The first-order valence-corrected chi connectivity index (χ1v) is 6.17. The maximum absolute atomic E-state index is 10.7. The Hall–Kier alpha value is -0.0800. The van der Waals surface area contributed by atoms with Crippen LogP contribution in [-0.4, -0.2) is 23.3 Å². The van der Waals surface area contributed by atoms with Crippen molar-refractivity contribution < 1.29 is 5.11 Å². The van der Waals surface area contributed by atoms with Gasteiger partial charge in [-0.1, -0.05) is 6.92 Å². The van der Waals surface area contributed by atoms with E-state index in [-0.39, 0.29) is 5.60 Å². The minimum absolute atomic E-state index is 0.318. The Balaban J connectivity index is 1.92. The summed E-state index contributed by atoms with van der Waals surface area (Å²) >= 11 is 0. The summed E-state index contributed by atoms with van der Waals surface area (Å²) in [6.07, 6.45) is 6.12. The fourth-order valence-corrected chi connectivity index (χ4v) is 4.27. The van der Waals surface area contributed by atoms with Gasteiger partial charge in [0.05, 0.1) is 5.60 Å². The summed E-state index contributed by atoms with van der Waals surface area (Å²) in [6, 6.07) is 0.623. The third kappa shape index (κ3) is 1.04. The van der Waals surface area contributed by atoms with Gasteiger partial charge in [0.1, 0.15) is 0 Å². The SMILES string of the molecule is C[C@H]1[C@@H]2CC[C@@]1(O)[C@H]1CCCN[C@H]1C2. The van der Waals surface area contributed by atoms with Crippen molar-refractivity contribution in [2.45, 2.75) is 50.7 Å². The highest BCUT2D eigenvalue weighted by molar-refractivity contribution is 5.09. The lowest BCUT2D eigenvalue weighted by Gasteiger charge is -2.49. The van der Waals surface area contributed by atoms with Crippen molar-refractivity contribution in [3.05, 3.63) is 0 Å². The molecule has 2 aliphatic carbocycles. The van der Waals surface area contributed by atoms with Gasteiger partial charge in [-0.2, -0.15) is 0 Å². The Kier molecular flexibility index (Phi) is 1.94. The number of hydrogen-bond acceptors (Lipinski definition) is 2. The Labute approximate surface area is 86.1 Å². The van der Waals surface area contributed by atoms with E-state index in [0.717, 1.165) is 12.3 Å². The van der Waals surface area contributed by atoms with E-state index in [9.17, 15) is 5.11 Å². The molecule has 2 nitrogen and oxygen atoms in total. The van der Waals surface area contributed by atoms with Gasteiger partial charge in [0.25, 0.3) is 0 Å². The van der Waals surface area contributed by atoms with Crippen LogP contribution in [0.25, 0.3) is 0 Å². The summed E-state index contributed by atoms with van der Waals surface area (Å²) in [7, 11) is 0. The smallest absolute Gasteiger partial charge is 0.0718 e. The first-order chi connectivity index (χ1) is 6.72. The Morgan fingerprint density at radius 2 is 2.21 bits per heavy atom. The van der Waals surface area contributed by atoms with Crippen LogP contribution in [0, 0.1) is 17.8 Å². The summed E-state index contributed by atoms with van der Waals surface area (Å²) in [5.74, 6) is 1.88.